The average molecular weight is 713 g/mol. The summed E-state index contributed by atoms with van der Waals surface area (Å²) in [7, 11) is 0. The van der Waals surface area contributed by atoms with Crippen LogP contribution >= 0.6 is 0 Å². The van der Waals surface area contributed by atoms with Gasteiger partial charge >= 0.3 is 0 Å². The van der Waals surface area contributed by atoms with Crippen LogP contribution in [0.25, 0.3) is 111 Å². The van der Waals surface area contributed by atoms with Gasteiger partial charge in [-0.05, 0) is 61.6 Å². The Hall–Kier alpha value is -7.56. The molecule has 4 heteroatoms. The predicted octanol–water partition coefficient (Wildman–Crippen LogP) is 13.4. The Morgan fingerprint density at radius 3 is 1.29 bits per heavy atom. The highest BCUT2D eigenvalue weighted by atomic mass is 15.0. The molecule has 4 nitrogen and oxygen atoms in total. The smallest absolute Gasteiger partial charge is 0.164 e. The second-order valence-electron chi connectivity index (χ2n) is 14.3. The predicted molar refractivity (Wildman–Crippen MR) is 232 cm³/mol. The number of para-hydroxylation sites is 1. The first-order valence-corrected chi connectivity index (χ1v) is 18.9. The van der Waals surface area contributed by atoms with Gasteiger partial charge in [-0.2, -0.15) is 0 Å². The molecule has 0 fully saturated rings. The van der Waals surface area contributed by atoms with Crippen molar-refractivity contribution in [3.63, 3.8) is 0 Å². The Morgan fingerprint density at radius 2 is 0.679 bits per heavy atom. The summed E-state index contributed by atoms with van der Waals surface area (Å²) in [4.78, 5) is 20.3. The zero-order valence-electron chi connectivity index (χ0n) is 30.3. The molecule has 0 spiro atoms. The molecule has 2 aromatic heterocycles. The quantitative estimate of drug-likeness (QED) is 0.167. The highest BCUT2D eigenvalue weighted by Crippen LogP contribution is 2.38. The largest absolute Gasteiger partial charge is 0.247 e. The highest BCUT2D eigenvalue weighted by Gasteiger charge is 2.15. The van der Waals surface area contributed by atoms with Gasteiger partial charge in [-0.15, -0.1) is 0 Å². The molecule has 9 aromatic carbocycles. The number of fused-ring (bicyclic) bond motifs is 7. The number of rotatable bonds is 5. The molecule has 0 aliphatic heterocycles. The second kappa shape index (κ2) is 13.1. The van der Waals surface area contributed by atoms with Gasteiger partial charge in [0.1, 0.15) is 0 Å². The molecule has 0 bridgehead atoms. The van der Waals surface area contributed by atoms with Crippen molar-refractivity contribution in [1.82, 2.24) is 19.9 Å². The Morgan fingerprint density at radius 1 is 0.250 bits per heavy atom. The van der Waals surface area contributed by atoms with Crippen molar-refractivity contribution in [1.29, 1.82) is 0 Å². The third-order valence-corrected chi connectivity index (χ3v) is 10.9. The van der Waals surface area contributed by atoms with Crippen LogP contribution in [0.3, 0.4) is 0 Å². The molecular formula is C52H32N4. The van der Waals surface area contributed by atoms with Gasteiger partial charge in [0.2, 0.25) is 0 Å². The lowest BCUT2D eigenvalue weighted by molar-refractivity contribution is 1.08. The first kappa shape index (κ1) is 31.9. The maximum Gasteiger partial charge on any atom is 0.164 e. The topological polar surface area (TPSA) is 51.6 Å². The van der Waals surface area contributed by atoms with Crippen molar-refractivity contribution in [2.24, 2.45) is 0 Å². The summed E-state index contributed by atoms with van der Waals surface area (Å²) < 4.78 is 0. The van der Waals surface area contributed by atoms with Gasteiger partial charge in [-0.3, -0.25) is 0 Å². The van der Waals surface area contributed by atoms with Crippen molar-refractivity contribution >= 4 is 54.0 Å². The lowest BCUT2D eigenvalue weighted by Gasteiger charge is -2.13. The lowest BCUT2D eigenvalue weighted by Crippen LogP contribution is -2.00. The van der Waals surface area contributed by atoms with Gasteiger partial charge in [-0.1, -0.05) is 176 Å². The van der Waals surface area contributed by atoms with E-state index < -0.39 is 0 Å². The fourth-order valence-electron chi connectivity index (χ4n) is 7.99. The van der Waals surface area contributed by atoms with E-state index in [-0.39, 0.29) is 0 Å². The maximum atomic E-state index is 5.20. The molecule has 0 amide bonds. The number of benzene rings is 9. The Kier molecular flexibility index (Phi) is 7.46. The van der Waals surface area contributed by atoms with Crippen molar-refractivity contribution in [3.8, 4) is 56.5 Å². The molecule has 2 heterocycles. The highest BCUT2D eigenvalue weighted by molar-refractivity contribution is 6.22. The van der Waals surface area contributed by atoms with Gasteiger partial charge in [0, 0.05) is 38.4 Å². The van der Waals surface area contributed by atoms with E-state index in [0.717, 1.165) is 60.8 Å². The first-order valence-electron chi connectivity index (χ1n) is 18.9. The molecule has 0 aliphatic rings. The van der Waals surface area contributed by atoms with Crippen LogP contribution in [0.2, 0.25) is 0 Å². The van der Waals surface area contributed by atoms with E-state index in [1.54, 1.807) is 0 Å². The van der Waals surface area contributed by atoms with Crippen LogP contribution in [-0.4, -0.2) is 19.9 Å². The molecule has 56 heavy (non-hydrogen) atoms. The molecule has 0 unspecified atom stereocenters. The lowest BCUT2D eigenvalue weighted by atomic mass is 9.94. The van der Waals surface area contributed by atoms with Crippen LogP contribution in [0.1, 0.15) is 0 Å². The van der Waals surface area contributed by atoms with Gasteiger partial charge in [0.15, 0.2) is 17.5 Å². The van der Waals surface area contributed by atoms with E-state index in [0.29, 0.717) is 17.5 Å². The normalized spacial score (nSPS) is 11.6. The van der Waals surface area contributed by atoms with Crippen molar-refractivity contribution in [3.05, 3.63) is 194 Å². The molecule has 0 atom stereocenters. The number of hydrogen-bond donors (Lipinski definition) is 0. The minimum atomic E-state index is 0.634. The summed E-state index contributed by atoms with van der Waals surface area (Å²) in [6, 6.07) is 68.2. The van der Waals surface area contributed by atoms with E-state index in [1.165, 1.54) is 32.3 Å². The summed E-state index contributed by atoms with van der Waals surface area (Å²) in [5, 5.41) is 10.7. The molecule has 0 saturated carbocycles. The summed E-state index contributed by atoms with van der Waals surface area (Å²) in [6.07, 6.45) is 0. The fraction of sp³-hybridized carbons (Fsp3) is 0. The molecule has 0 radical (unpaired) electrons. The molecule has 11 rings (SSSR count). The SMILES string of the molecule is c1ccc2cc(-c3nc(-c4ccc(-c5ccc(-c6nc7ccccc7c7c6ccc6ccccc67)cc5)cc4)nc(-c4ccc5ccccc5c4)n3)ccc2c1. The summed E-state index contributed by atoms with van der Waals surface area (Å²) in [6.45, 7) is 0. The van der Waals surface area contributed by atoms with E-state index in [9.17, 15) is 0 Å². The van der Waals surface area contributed by atoms with Gasteiger partial charge in [-0.25, -0.2) is 19.9 Å². The van der Waals surface area contributed by atoms with E-state index in [1.807, 2.05) is 0 Å². The van der Waals surface area contributed by atoms with Crippen LogP contribution in [0.4, 0.5) is 0 Å². The van der Waals surface area contributed by atoms with Crippen molar-refractivity contribution < 1.29 is 0 Å². The third-order valence-electron chi connectivity index (χ3n) is 10.9. The standard InChI is InChI=1S/C52H32N4/c1-3-12-40-31-42(27-21-33(40)9-1)51-54-50(55-52(56-51)43-28-22-34-10-2-4-13-41(34)32-43)39-25-19-36(20-26-39)35-17-23-38(24-18-35)49-46-30-29-37-11-5-6-14-44(37)48(46)45-15-7-8-16-47(45)53-49/h1-32H. The fourth-order valence-corrected chi connectivity index (χ4v) is 7.99. The van der Waals surface area contributed by atoms with Crippen molar-refractivity contribution in [2.45, 2.75) is 0 Å². The van der Waals surface area contributed by atoms with Crippen LogP contribution in [0, 0.1) is 0 Å². The van der Waals surface area contributed by atoms with Crippen LogP contribution in [-0.2, 0) is 0 Å². The zero-order valence-corrected chi connectivity index (χ0v) is 30.3. The molecular weight excluding hydrogens is 681 g/mol. The number of aromatic nitrogens is 4. The van der Waals surface area contributed by atoms with Crippen LogP contribution in [0.5, 0.6) is 0 Å². The van der Waals surface area contributed by atoms with E-state index >= 15 is 0 Å². The van der Waals surface area contributed by atoms with Crippen molar-refractivity contribution in [2.75, 3.05) is 0 Å². The minimum Gasteiger partial charge on any atom is -0.247 e. The minimum absolute atomic E-state index is 0.634. The maximum absolute atomic E-state index is 5.20. The first-order chi connectivity index (χ1) is 27.7. The zero-order chi connectivity index (χ0) is 37.0. The molecule has 0 aliphatic carbocycles. The molecule has 0 saturated heterocycles. The average Bonchev–Trinajstić information content (AvgIpc) is 3.28. The Bertz CT molecular complexity index is 3180. The molecule has 260 valence electrons. The van der Waals surface area contributed by atoms with E-state index in [2.05, 4.69) is 194 Å². The van der Waals surface area contributed by atoms with Crippen LogP contribution < -0.4 is 0 Å². The van der Waals surface area contributed by atoms with E-state index in [4.69, 9.17) is 19.9 Å². The van der Waals surface area contributed by atoms with Crippen LogP contribution in [0.15, 0.2) is 194 Å². The third kappa shape index (κ3) is 5.55. The Labute approximate surface area is 323 Å². The monoisotopic (exact) mass is 712 g/mol. The summed E-state index contributed by atoms with van der Waals surface area (Å²) >= 11 is 0. The number of pyridine rings is 1. The molecule has 11 aromatic rings. The summed E-state index contributed by atoms with van der Waals surface area (Å²) in [5.74, 6) is 1.92. The van der Waals surface area contributed by atoms with Gasteiger partial charge < -0.3 is 0 Å². The number of nitrogens with zero attached hydrogens (tertiary/aromatic N) is 4. The summed E-state index contributed by atoms with van der Waals surface area (Å²) in [5.41, 5.74) is 8.14. The Balaban J connectivity index is 0.969. The second-order valence-corrected chi connectivity index (χ2v) is 14.3. The number of hydrogen-bond acceptors (Lipinski definition) is 4. The van der Waals surface area contributed by atoms with Gasteiger partial charge in [0.05, 0.1) is 11.2 Å². The molecule has 0 N–H and O–H groups in total. The van der Waals surface area contributed by atoms with Gasteiger partial charge in [0.25, 0.3) is 0 Å².